The number of phenols is 1. The maximum Gasteiger partial charge on any atom is 0.315 e. The van der Waals surface area contributed by atoms with Crippen LogP contribution in [0.4, 0.5) is 4.79 Å². The van der Waals surface area contributed by atoms with Gasteiger partial charge in [-0.3, -0.25) is 4.79 Å². The average molecular weight is 555 g/mol. The van der Waals surface area contributed by atoms with Gasteiger partial charge in [-0.25, -0.2) is 4.79 Å². The molecule has 2 aromatic carbocycles. The average Bonchev–Trinajstić information content (AvgIpc) is 3.57. The van der Waals surface area contributed by atoms with Crippen molar-refractivity contribution in [2.45, 2.75) is 38.1 Å². The van der Waals surface area contributed by atoms with Crippen LogP contribution in [0.25, 0.3) is 0 Å². The van der Waals surface area contributed by atoms with Crippen molar-refractivity contribution in [2.24, 2.45) is 17.6 Å². The summed E-state index contributed by atoms with van der Waals surface area (Å²) in [7, 11) is 1.49. The molecular formula is C29H38N4O7. The predicted molar refractivity (Wildman–Crippen MR) is 147 cm³/mol. The van der Waals surface area contributed by atoms with E-state index in [1.807, 2.05) is 18.2 Å². The van der Waals surface area contributed by atoms with E-state index < -0.39 is 17.9 Å². The van der Waals surface area contributed by atoms with E-state index in [4.69, 9.17) is 24.7 Å². The first-order valence-electron chi connectivity index (χ1n) is 13.9. The number of unbranched alkanes of at least 4 members (excludes halogenated alkanes) is 1. The highest BCUT2D eigenvalue weighted by molar-refractivity contribution is 5.80. The molecule has 5 rings (SSSR count). The highest BCUT2D eigenvalue weighted by Gasteiger charge is 2.53. The van der Waals surface area contributed by atoms with Crippen molar-refractivity contribution in [1.29, 1.82) is 0 Å². The van der Waals surface area contributed by atoms with Crippen LogP contribution in [0.2, 0.25) is 0 Å². The fourth-order valence-corrected chi connectivity index (χ4v) is 5.98. The van der Waals surface area contributed by atoms with Crippen LogP contribution in [0.3, 0.4) is 0 Å². The van der Waals surface area contributed by atoms with Gasteiger partial charge in [-0.1, -0.05) is 6.07 Å². The zero-order valence-electron chi connectivity index (χ0n) is 23.0. The number of fused-ring (bicyclic) bond motifs is 3. The molecule has 0 saturated carbocycles. The van der Waals surface area contributed by atoms with Crippen LogP contribution in [0.1, 0.15) is 53.5 Å². The number of rotatable bonds is 11. The Morgan fingerprint density at radius 2 is 1.80 bits per heavy atom. The summed E-state index contributed by atoms with van der Waals surface area (Å²) in [5.74, 6) is -0.0222. The number of cyclic esters (lactones) is 1. The van der Waals surface area contributed by atoms with E-state index >= 15 is 0 Å². The molecule has 3 aliphatic rings. The van der Waals surface area contributed by atoms with Gasteiger partial charge in [0.25, 0.3) is 0 Å². The highest BCUT2D eigenvalue weighted by Crippen LogP contribution is 2.54. The summed E-state index contributed by atoms with van der Waals surface area (Å²) in [4.78, 5) is 26.2. The highest BCUT2D eigenvalue weighted by atomic mass is 16.7. The van der Waals surface area contributed by atoms with Gasteiger partial charge in [0.05, 0.1) is 25.7 Å². The van der Waals surface area contributed by atoms with Crippen molar-refractivity contribution in [1.82, 2.24) is 16.0 Å². The number of carbonyl (C=O) groups excluding carboxylic acids is 2. The largest absolute Gasteiger partial charge is 0.504 e. The van der Waals surface area contributed by atoms with E-state index in [9.17, 15) is 14.7 Å². The molecule has 0 spiro atoms. The van der Waals surface area contributed by atoms with E-state index in [1.165, 1.54) is 7.11 Å². The maximum atomic E-state index is 13.2. The molecule has 0 aromatic heterocycles. The second-order valence-corrected chi connectivity index (χ2v) is 10.5. The number of hydrogen-bond donors (Lipinski definition) is 5. The van der Waals surface area contributed by atoms with Crippen LogP contribution >= 0.6 is 0 Å². The van der Waals surface area contributed by atoms with Gasteiger partial charge in [0, 0.05) is 18.4 Å². The van der Waals surface area contributed by atoms with Crippen LogP contribution in [-0.2, 0) is 9.53 Å². The topological polar surface area (TPSA) is 153 Å². The van der Waals surface area contributed by atoms with Gasteiger partial charge < -0.3 is 45.7 Å². The Labute approximate surface area is 233 Å². The summed E-state index contributed by atoms with van der Waals surface area (Å²) >= 11 is 0. The molecule has 11 heteroatoms. The molecule has 2 heterocycles. The first kappa shape index (κ1) is 27.9. The standard InChI is InChI=1S/C29H38N4O7/c1-16-10-17(11-23(37-2)27(16)34)24-18-12-21-22(40-15-39-21)13-19(18)26(20-14-38-28(35)25(20)24)33-29(36)32-9-5-8-31-7-4-3-6-30/h10-13,20,24-26,31,34H,3-9,14-15,30H2,1-2H3,(H2,32,33,36)/t20-,24?,25-,26+/m0/s1. The Morgan fingerprint density at radius 3 is 2.55 bits per heavy atom. The molecule has 2 aliphatic heterocycles. The number of ether oxygens (including phenoxy) is 4. The number of amides is 2. The number of phenolic OH excluding ortho intramolecular Hbond substituents is 1. The molecule has 2 aromatic rings. The second-order valence-electron chi connectivity index (χ2n) is 10.5. The van der Waals surface area contributed by atoms with Gasteiger partial charge in [-0.2, -0.15) is 0 Å². The first-order valence-corrected chi connectivity index (χ1v) is 13.9. The van der Waals surface area contributed by atoms with Crippen molar-refractivity contribution < 1.29 is 33.6 Å². The van der Waals surface area contributed by atoms with Gasteiger partial charge in [-0.05, 0) is 86.3 Å². The monoisotopic (exact) mass is 554 g/mol. The number of carbonyl (C=O) groups is 2. The molecule has 1 saturated heterocycles. The number of nitrogens with two attached hydrogens (primary N) is 1. The van der Waals surface area contributed by atoms with Crippen molar-refractivity contribution in [3.63, 3.8) is 0 Å². The molecule has 0 radical (unpaired) electrons. The molecule has 0 bridgehead atoms. The lowest BCUT2D eigenvalue weighted by Gasteiger charge is -2.39. The van der Waals surface area contributed by atoms with Crippen molar-refractivity contribution in [3.8, 4) is 23.0 Å². The van der Waals surface area contributed by atoms with Gasteiger partial charge in [0.2, 0.25) is 6.79 Å². The quantitative estimate of drug-likeness (QED) is 0.208. The molecule has 216 valence electrons. The number of hydrogen-bond acceptors (Lipinski definition) is 9. The third-order valence-electron chi connectivity index (χ3n) is 7.96. The van der Waals surface area contributed by atoms with E-state index in [-0.39, 0.29) is 37.1 Å². The van der Waals surface area contributed by atoms with Gasteiger partial charge in [0.1, 0.15) is 0 Å². The Kier molecular flexibility index (Phi) is 8.51. The minimum atomic E-state index is -0.551. The molecule has 4 atom stereocenters. The van der Waals surface area contributed by atoms with Crippen molar-refractivity contribution in [3.05, 3.63) is 46.5 Å². The minimum Gasteiger partial charge on any atom is -0.504 e. The lowest BCUT2D eigenvalue weighted by Crippen LogP contribution is -2.46. The van der Waals surface area contributed by atoms with Crippen molar-refractivity contribution >= 4 is 12.0 Å². The Bertz CT molecular complexity index is 1250. The van der Waals surface area contributed by atoms with Gasteiger partial charge in [0.15, 0.2) is 23.0 Å². The number of urea groups is 1. The molecule has 6 N–H and O–H groups in total. The number of esters is 1. The smallest absolute Gasteiger partial charge is 0.315 e. The zero-order chi connectivity index (χ0) is 28.2. The normalized spacial score (nSPS) is 22.3. The third-order valence-corrected chi connectivity index (χ3v) is 7.96. The molecule has 40 heavy (non-hydrogen) atoms. The SMILES string of the molecule is COc1cc(C2c3cc4c(cc3[C@@H](NC(=O)NCCCNCCCCN)[C@H]3COC(=O)[C@H]23)OCO4)cc(C)c1O. The molecule has 1 unspecified atom stereocenters. The Balaban J connectivity index is 1.41. The van der Waals surface area contributed by atoms with E-state index in [2.05, 4.69) is 16.0 Å². The molecule has 1 aliphatic carbocycles. The zero-order valence-corrected chi connectivity index (χ0v) is 23.0. The summed E-state index contributed by atoms with van der Waals surface area (Å²) in [6.07, 6.45) is 2.81. The summed E-state index contributed by atoms with van der Waals surface area (Å²) < 4.78 is 22.4. The Hall–Kier alpha value is -3.70. The van der Waals surface area contributed by atoms with E-state index in [0.29, 0.717) is 35.9 Å². The minimum absolute atomic E-state index is 0.0560. The number of benzene rings is 2. The van der Waals surface area contributed by atoms with Gasteiger partial charge >= 0.3 is 12.0 Å². The summed E-state index contributed by atoms with van der Waals surface area (Å²) in [5, 5.41) is 19.9. The second kappa shape index (κ2) is 12.2. The van der Waals surface area contributed by atoms with E-state index in [1.54, 1.807) is 13.0 Å². The number of methoxy groups -OCH3 is 1. The lowest BCUT2D eigenvalue weighted by molar-refractivity contribution is -0.141. The van der Waals surface area contributed by atoms with Crippen LogP contribution in [-0.4, -0.2) is 63.8 Å². The van der Waals surface area contributed by atoms with E-state index in [0.717, 1.165) is 49.0 Å². The van der Waals surface area contributed by atoms with Crippen LogP contribution in [0, 0.1) is 18.8 Å². The third kappa shape index (κ3) is 5.48. The van der Waals surface area contributed by atoms with Crippen LogP contribution < -0.4 is 35.9 Å². The number of aromatic hydroxyl groups is 1. The summed E-state index contributed by atoms with van der Waals surface area (Å²) in [6, 6.07) is 6.62. The maximum absolute atomic E-state index is 13.2. The van der Waals surface area contributed by atoms with Crippen LogP contribution in [0.5, 0.6) is 23.0 Å². The lowest BCUT2D eigenvalue weighted by atomic mass is 9.65. The fourth-order valence-electron chi connectivity index (χ4n) is 5.98. The number of nitrogens with one attached hydrogen (secondary N) is 3. The molecule has 2 amide bonds. The predicted octanol–water partition coefficient (Wildman–Crippen LogP) is 2.43. The summed E-state index contributed by atoms with van der Waals surface area (Å²) in [6.45, 7) is 4.98. The van der Waals surface area contributed by atoms with Crippen LogP contribution in [0.15, 0.2) is 24.3 Å². The first-order chi connectivity index (χ1) is 19.4. The number of aryl methyl sites for hydroxylation is 1. The fraction of sp³-hybridized carbons (Fsp3) is 0.517. The summed E-state index contributed by atoms with van der Waals surface area (Å²) in [5.41, 5.74) is 8.64. The van der Waals surface area contributed by atoms with Gasteiger partial charge in [-0.15, -0.1) is 0 Å². The molecule has 11 nitrogen and oxygen atoms in total. The molecular weight excluding hydrogens is 516 g/mol. The Morgan fingerprint density at radius 1 is 1.05 bits per heavy atom. The molecule has 1 fully saturated rings. The van der Waals surface area contributed by atoms with Crippen molar-refractivity contribution in [2.75, 3.05) is 46.7 Å².